The Morgan fingerprint density at radius 2 is 1.88 bits per heavy atom. The Kier molecular flexibility index (Phi) is 4.31. The van der Waals surface area contributed by atoms with Gasteiger partial charge in [0.1, 0.15) is 0 Å². The number of rotatable bonds is 3. The van der Waals surface area contributed by atoms with Crippen LogP contribution in [-0.4, -0.2) is 57.8 Å². The summed E-state index contributed by atoms with van der Waals surface area (Å²) in [6, 6.07) is 8.30. The molecule has 0 bridgehead atoms. The number of nitrogens with zero attached hydrogens (tertiary/aromatic N) is 4. The van der Waals surface area contributed by atoms with E-state index in [1.54, 1.807) is 11.3 Å². The molecule has 0 spiro atoms. The van der Waals surface area contributed by atoms with E-state index in [0.29, 0.717) is 5.69 Å². The molecule has 0 aliphatic carbocycles. The second kappa shape index (κ2) is 6.61. The number of aryl methyl sites for hydroxylation is 1. The lowest BCUT2D eigenvalue weighted by atomic mass is 10.1. The van der Waals surface area contributed by atoms with Crippen LogP contribution in [0.4, 0.5) is 0 Å². The van der Waals surface area contributed by atoms with Crippen LogP contribution < -0.4 is 0 Å². The average Bonchev–Trinajstić information content (AvgIpc) is 3.23. The number of carbonyl (C=O) groups excluding carboxylic acids is 1. The van der Waals surface area contributed by atoms with E-state index in [4.69, 9.17) is 0 Å². The first kappa shape index (κ1) is 16.3. The molecule has 1 amide bonds. The highest BCUT2D eigenvalue weighted by Gasteiger charge is 2.27. The molecule has 0 radical (unpaired) electrons. The van der Waals surface area contributed by atoms with Gasteiger partial charge in [0, 0.05) is 43.3 Å². The maximum absolute atomic E-state index is 13.2. The first-order valence-corrected chi connectivity index (χ1v) is 9.59. The Morgan fingerprint density at radius 1 is 1.16 bits per heavy atom. The van der Waals surface area contributed by atoms with Crippen LogP contribution in [0.25, 0.3) is 16.2 Å². The minimum Gasteiger partial charge on any atom is -0.335 e. The summed E-state index contributed by atoms with van der Waals surface area (Å²) in [6.45, 7) is 8.68. The van der Waals surface area contributed by atoms with Crippen molar-refractivity contribution in [1.82, 2.24) is 19.2 Å². The Balaban J connectivity index is 1.72. The molecule has 5 nitrogen and oxygen atoms in total. The van der Waals surface area contributed by atoms with Crippen molar-refractivity contribution < 1.29 is 4.79 Å². The topological polar surface area (TPSA) is 40.8 Å². The Bertz CT molecular complexity index is 888. The third kappa shape index (κ3) is 2.96. The summed E-state index contributed by atoms with van der Waals surface area (Å²) in [4.78, 5) is 23.0. The number of carbonyl (C=O) groups is 1. The van der Waals surface area contributed by atoms with Crippen molar-refractivity contribution in [3.8, 4) is 11.3 Å². The SMILES string of the molecule is CCN1CCN(C(=O)c2nc3sccn3c2-c2ccc(C)cc2)CC1. The lowest BCUT2D eigenvalue weighted by Gasteiger charge is -2.33. The van der Waals surface area contributed by atoms with Gasteiger partial charge < -0.3 is 9.80 Å². The number of imidazole rings is 1. The van der Waals surface area contributed by atoms with E-state index in [0.717, 1.165) is 48.9 Å². The number of aromatic nitrogens is 2. The molecule has 4 rings (SSSR count). The summed E-state index contributed by atoms with van der Waals surface area (Å²) in [5.74, 6) is 0.0437. The molecular formula is C19H22N4OS. The van der Waals surface area contributed by atoms with Crippen LogP contribution in [0.2, 0.25) is 0 Å². The van der Waals surface area contributed by atoms with Gasteiger partial charge in [0.2, 0.25) is 0 Å². The highest BCUT2D eigenvalue weighted by Crippen LogP contribution is 2.29. The van der Waals surface area contributed by atoms with Crippen LogP contribution in [0.1, 0.15) is 23.0 Å². The van der Waals surface area contributed by atoms with E-state index in [2.05, 4.69) is 48.0 Å². The Morgan fingerprint density at radius 3 is 2.56 bits per heavy atom. The number of hydrogen-bond acceptors (Lipinski definition) is 4. The standard InChI is InChI=1S/C19H22N4OS/c1-3-21-8-10-22(11-9-21)18(24)16-17(15-6-4-14(2)5-7-15)23-12-13-25-19(23)20-16/h4-7,12-13H,3,8-11H2,1-2H3. The van der Waals surface area contributed by atoms with E-state index in [9.17, 15) is 4.79 Å². The van der Waals surface area contributed by atoms with Crippen molar-refractivity contribution >= 4 is 22.2 Å². The molecule has 25 heavy (non-hydrogen) atoms. The number of likely N-dealkylation sites (N-methyl/N-ethyl adjacent to an activating group) is 1. The minimum atomic E-state index is 0.0437. The maximum atomic E-state index is 13.2. The molecule has 1 fully saturated rings. The molecule has 1 aromatic carbocycles. The van der Waals surface area contributed by atoms with Crippen LogP contribution in [0.15, 0.2) is 35.8 Å². The molecule has 0 atom stereocenters. The van der Waals surface area contributed by atoms with Crippen LogP contribution >= 0.6 is 11.3 Å². The molecule has 1 aliphatic heterocycles. The van der Waals surface area contributed by atoms with Gasteiger partial charge in [0.25, 0.3) is 5.91 Å². The van der Waals surface area contributed by atoms with Crippen molar-refractivity contribution in [2.45, 2.75) is 13.8 Å². The third-order valence-electron chi connectivity index (χ3n) is 4.90. The molecular weight excluding hydrogens is 332 g/mol. The molecule has 2 aromatic heterocycles. The number of fused-ring (bicyclic) bond motifs is 1. The minimum absolute atomic E-state index is 0.0437. The van der Waals surface area contributed by atoms with Gasteiger partial charge in [-0.15, -0.1) is 11.3 Å². The first-order valence-electron chi connectivity index (χ1n) is 8.71. The zero-order valence-corrected chi connectivity index (χ0v) is 15.4. The fourth-order valence-corrected chi connectivity index (χ4v) is 4.05. The molecule has 130 valence electrons. The average molecular weight is 354 g/mol. The largest absolute Gasteiger partial charge is 0.335 e. The zero-order valence-electron chi connectivity index (χ0n) is 14.6. The van der Waals surface area contributed by atoms with Gasteiger partial charge in [0.15, 0.2) is 10.7 Å². The molecule has 0 N–H and O–H groups in total. The smallest absolute Gasteiger partial charge is 0.274 e. The quantitative estimate of drug-likeness (QED) is 0.725. The number of piperazine rings is 1. The monoisotopic (exact) mass is 354 g/mol. The zero-order chi connectivity index (χ0) is 17.4. The summed E-state index contributed by atoms with van der Waals surface area (Å²) in [7, 11) is 0. The molecule has 6 heteroatoms. The van der Waals surface area contributed by atoms with Crippen LogP contribution in [0.5, 0.6) is 0 Å². The van der Waals surface area contributed by atoms with Crippen molar-refractivity contribution in [3.63, 3.8) is 0 Å². The predicted molar refractivity (Wildman–Crippen MR) is 101 cm³/mol. The lowest BCUT2D eigenvalue weighted by Crippen LogP contribution is -2.48. The summed E-state index contributed by atoms with van der Waals surface area (Å²) in [6.07, 6.45) is 1.99. The van der Waals surface area contributed by atoms with E-state index >= 15 is 0 Å². The van der Waals surface area contributed by atoms with Crippen molar-refractivity contribution in [2.24, 2.45) is 0 Å². The molecule has 1 saturated heterocycles. The fourth-order valence-electron chi connectivity index (χ4n) is 3.34. The van der Waals surface area contributed by atoms with Crippen LogP contribution in [0.3, 0.4) is 0 Å². The molecule has 3 heterocycles. The molecule has 0 saturated carbocycles. The highest BCUT2D eigenvalue weighted by atomic mass is 32.1. The third-order valence-corrected chi connectivity index (χ3v) is 5.65. The number of thiazole rings is 1. The highest BCUT2D eigenvalue weighted by molar-refractivity contribution is 7.15. The van der Waals surface area contributed by atoms with Gasteiger partial charge in [0.05, 0.1) is 5.69 Å². The second-order valence-corrected chi connectivity index (χ2v) is 7.33. The van der Waals surface area contributed by atoms with Crippen LogP contribution in [-0.2, 0) is 0 Å². The lowest BCUT2D eigenvalue weighted by molar-refractivity contribution is 0.0639. The van der Waals surface area contributed by atoms with E-state index in [-0.39, 0.29) is 5.91 Å². The van der Waals surface area contributed by atoms with Gasteiger partial charge in [-0.25, -0.2) is 4.98 Å². The summed E-state index contributed by atoms with van der Waals surface area (Å²) >= 11 is 1.56. The summed E-state index contributed by atoms with van der Waals surface area (Å²) in [5.41, 5.74) is 3.71. The molecule has 1 aliphatic rings. The first-order chi connectivity index (χ1) is 12.2. The molecule has 0 unspecified atom stereocenters. The summed E-state index contributed by atoms with van der Waals surface area (Å²) in [5, 5.41) is 2.01. The normalized spacial score (nSPS) is 15.8. The van der Waals surface area contributed by atoms with Gasteiger partial charge in [-0.05, 0) is 13.5 Å². The number of amides is 1. The van der Waals surface area contributed by atoms with Crippen molar-refractivity contribution in [1.29, 1.82) is 0 Å². The van der Waals surface area contributed by atoms with Gasteiger partial charge in [-0.2, -0.15) is 0 Å². The number of hydrogen-bond donors (Lipinski definition) is 0. The Labute approximate surface area is 151 Å². The second-order valence-electron chi connectivity index (χ2n) is 6.46. The number of benzene rings is 1. The van der Waals surface area contributed by atoms with Crippen LogP contribution in [0, 0.1) is 6.92 Å². The maximum Gasteiger partial charge on any atom is 0.274 e. The Hall–Kier alpha value is -2.18. The fraction of sp³-hybridized carbons (Fsp3) is 0.368. The van der Waals surface area contributed by atoms with Gasteiger partial charge in [-0.3, -0.25) is 9.20 Å². The molecule has 3 aromatic rings. The summed E-state index contributed by atoms with van der Waals surface area (Å²) < 4.78 is 2.03. The predicted octanol–water partition coefficient (Wildman–Crippen LogP) is 3.15. The van der Waals surface area contributed by atoms with Gasteiger partial charge in [-0.1, -0.05) is 36.8 Å². The van der Waals surface area contributed by atoms with Crippen molar-refractivity contribution in [2.75, 3.05) is 32.7 Å². The van der Waals surface area contributed by atoms with E-state index in [1.807, 2.05) is 20.9 Å². The van der Waals surface area contributed by atoms with E-state index in [1.165, 1.54) is 5.56 Å². The van der Waals surface area contributed by atoms with Gasteiger partial charge >= 0.3 is 0 Å². The van der Waals surface area contributed by atoms with Crippen molar-refractivity contribution in [3.05, 3.63) is 47.1 Å². The van der Waals surface area contributed by atoms with E-state index < -0.39 is 0 Å².